The lowest BCUT2D eigenvalue weighted by molar-refractivity contribution is -0.327. The van der Waals surface area contributed by atoms with Crippen LogP contribution in [0.25, 0.3) is 0 Å². The quantitative estimate of drug-likeness (QED) is 0.125. The SMILES string of the molecule is CCCCC1(OC2(OCC)CCCCC2)CC[C@H]2[C@@H]3CCC4=CC(OC5(OCC)CCCCC5)CC[C@]4(C=O)[C@@H]3CC[C@@]21C. The van der Waals surface area contributed by atoms with E-state index in [1.54, 1.807) is 0 Å². The van der Waals surface area contributed by atoms with Gasteiger partial charge in [0.2, 0.25) is 0 Å². The summed E-state index contributed by atoms with van der Waals surface area (Å²) in [5.41, 5.74) is 1.11. The molecule has 5 saturated carbocycles. The molecule has 6 aliphatic carbocycles. The highest BCUT2D eigenvalue weighted by Gasteiger charge is 2.66. The average molecular weight is 613 g/mol. The molecular weight excluding hydrogens is 548 g/mol. The Labute approximate surface area is 268 Å². The summed E-state index contributed by atoms with van der Waals surface area (Å²) >= 11 is 0. The van der Waals surface area contributed by atoms with Gasteiger partial charge in [-0.25, -0.2) is 0 Å². The molecule has 0 spiro atoms. The maximum absolute atomic E-state index is 13.3. The van der Waals surface area contributed by atoms with Gasteiger partial charge in [-0.2, -0.15) is 0 Å². The fourth-order valence-corrected chi connectivity index (χ4v) is 11.8. The van der Waals surface area contributed by atoms with Gasteiger partial charge in [-0.1, -0.05) is 51.2 Å². The van der Waals surface area contributed by atoms with Gasteiger partial charge >= 0.3 is 0 Å². The molecule has 0 aromatic heterocycles. The molecule has 6 rings (SSSR count). The van der Waals surface area contributed by atoms with E-state index >= 15 is 0 Å². The number of ether oxygens (including phenoxy) is 4. The van der Waals surface area contributed by atoms with Crippen LogP contribution in [0.15, 0.2) is 11.6 Å². The first-order valence-electron chi connectivity index (χ1n) is 19.2. The Morgan fingerprint density at radius 1 is 0.773 bits per heavy atom. The molecular formula is C39H64O5. The third-order valence-corrected chi connectivity index (χ3v) is 13.9. The standard InChI is InChI=1S/C39H64O5/c1-5-8-20-37(44-39(42-7-3)23-13-10-14-24-39)27-19-33-32-16-15-30-28-31(43-38(41-6-2)21-11-9-12-22-38)17-26-36(30,29-40)34(32)18-25-35(33,37)4/h28-29,31-34H,5-27H2,1-4H3/t31?,32-,33-,34+,35-,36+,37?/m0/s1. The van der Waals surface area contributed by atoms with Crippen LogP contribution in [-0.4, -0.2) is 42.8 Å². The molecule has 0 saturated heterocycles. The number of rotatable bonds is 12. The Morgan fingerprint density at radius 2 is 1.43 bits per heavy atom. The smallest absolute Gasteiger partial charge is 0.169 e. The molecule has 2 unspecified atom stereocenters. The summed E-state index contributed by atoms with van der Waals surface area (Å²) in [5.74, 6) is 0.839. The van der Waals surface area contributed by atoms with Crippen molar-refractivity contribution in [1.29, 1.82) is 0 Å². The van der Waals surface area contributed by atoms with Crippen molar-refractivity contribution in [1.82, 2.24) is 0 Å². The zero-order chi connectivity index (χ0) is 30.9. The predicted molar refractivity (Wildman–Crippen MR) is 175 cm³/mol. The second-order valence-electron chi connectivity index (χ2n) is 16.0. The highest BCUT2D eigenvalue weighted by atomic mass is 16.7. The van der Waals surface area contributed by atoms with Crippen LogP contribution in [0.5, 0.6) is 0 Å². The minimum Gasteiger partial charge on any atom is -0.350 e. The number of carbonyl (C=O) groups excluding carboxylic acids is 1. The van der Waals surface area contributed by atoms with Gasteiger partial charge < -0.3 is 23.7 Å². The van der Waals surface area contributed by atoms with E-state index in [2.05, 4.69) is 33.8 Å². The van der Waals surface area contributed by atoms with Crippen molar-refractivity contribution in [2.45, 2.75) is 186 Å². The van der Waals surface area contributed by atoms with Crippen LogP contribution >= 0.6 is 0 Å². The molecule has 0 aromatic rings. The Balaban J connectivity index is 1.24. The Hall–Kier alpha value is -0.750. The third kappa shape index (κ3) is 5.70. The molecule has 0 aromatic carbocycles. The van der Waals surface area contributed by atoms with Gasteiger partial charge in [-0.15, -0.1) is 0 Å². The van der Waals surface area contributed by atoms with Gasteiger partial charge in [-0.05, 0) is 120 Å². The molecule has 0 radical (unpaired) electrons. The first-order chi connectivity index (χ1) is 21.3. The second-order valence-corrected chi connectivity index (χ2v) is 16.0. The zero-order valence-corrected chi connectivity index (χ0v) is 28.8. The molecule has 0 heterocycles. The largest absolute Gasteiger partial charge is 0.350 e. The minimum absolute atomic E-state index is 0.0694. The first kappa shape index (κ1) is 33.2. The first-order valence-corrected chi connectivity index (χ1v) is 19.2. The van der Waals surface area contributed by atoms with Crippen LogP contribution in [0.3, 0.4) is 0 Å². The van der Waals surface area contributed by atoms with Crippen LogP contribution < -0.4 is 0 Å². The second kappa shape index (κ2) is 13.4. The zero-order valence-electron chi connectivity index (χ0n) is 28.8. The molecule has 5 nitrogen and oxygen atoms in total. The summed E-state index contributed by atoms with van der Waals surface area (Å²) in [5, 5.41) is 0. The molecule has 0 amide bonds. The molecule has 7 atom stereocenters. The summed E-state index contributed by atoms with van der Waals surface area (Å²) in [6.07, 6.45) is 27.7. The van der Waals surface area contributed by atoms with Crippen LogP contribution in [0, 0.1) is 28.6 Å². The summed E-state index contributed by atoms with van der Waals surface area (Å²) in [6.45, 7) is 10.6. The van der Waals surface area contributed by atoms with E-state index < -0.39 is 11.6 Å². The molecule has 0 bridgehead atoms. The fourth-order valence-electron chi connectivity index (χ4n) is 11.8. The molecule has 0 N–H and O–H groups in total. The van der Waals surface area contributed by atoms with E-state index in [9.17, 15) is 4.79 Å². The molecule has 0 aliphatic heterocycles. The van der Waals surface area contributed by atoms with Crippen LogP contribution in [0.4, 0.5) is 0 Å². The Kier molecular flexibility index (Phi) is 10.1. The van der Waals surface area contributed by atoms with Crippen molar-refractivity contribution in [2.75, 3.05) is 13.2 Å². The number of aldehydes is 1. The number of carbonyl (C=O) groups is 1. The van der Waals surface area contributed by atoms with Crippen molar-refractivity contribution in [2.24, 2.45) is 28.6 Å². The van der Waals surface area contributed by atoms with Gasteiger partial charge in [0.05, 0.1) is 17.1 Å². The molecule has 5 heteroatoms. The molecule has 5 fully saturated rings. The average Bonchev–Trinajstić information content (AvgIpc) is 3.32. The Bertz CT molecular complexity index is 999. The summed E-state index contributed by atoms with van der Waals surface area (Å²) < 4.78 is 27.3. The van der Waals surface area contributed by atoms with Gasteiger partial charge in [-0.3, -0.25) is 0 Å². The van der Waals surface area contributed by atoms with Gasteiger partial charge in [0, 0.05) is 38.9 Å². The van der Waals surface area contributed by atoms with E-state index in [1.165, 1.54) is 82.5 Å². The van der Waals surface area contributed by atoms with Crippen molar-refractivity contribution in [3.05, 3.63) is 11.6 Å². The maximum Gasteiger partial charge on any atom is 0.169 e. The summed E-state index contributed by atoms with van der Waals surface area (Å²) in [7, 11) is 0. The number of hydrogen-bond acceptors (Lipinski definition) is 5. The van der Waals surface area contributed by atoms with Gasteiger partial charge in [0.15, 0.2) is 11.6 Å². The van der Waals surface area contributed by atoms with Crippen LogP contribution in [0.2, 0.25) is 0 Å². The molecule has 44 heavy (non-hydrogen) atoms. The van der Waals surface area contributed by atoms with Gasteiger partial charge in [0.25, 0.3) is 0 Å². The van der Waals surface area contributed by atoms with Crippen LogP contribution in [-0.2, 0) is 23.7 Å². The number of fused-ring (bicyclic) bond motifs is 5. The number of unbranched alkanes of at least 4 members (excludes halogenated alkanes) is 1. The van der Waals surface area contributed by atoms with E-state index in [1.807, 2.05) is 0 Å². The normalized spacial score (nSPS) is 41.2. The van der Waals surface area contributed by atoms with E-state index in [0.29, 0.717) is 24.4 Å². The maximum atomic E-state index is 13.3. The lowest BCUT2D eigenvalue weighted by Gasteiger charge is -2.60. The monoisotopic (exact) mass is 612 g/mol. The van der Waals surface area contributed by atoms with E-state index in [0.717, 1.165) is 70.8 Å². The number of hydrogen-bond donors (Lipinski definition) is 0. The summed E-state index contributed by atoms with van der Waals surface area (Å²) in [4.78, 5) is 13.3. The fraction of sp³-hybridized carbons (Fsp3) is 0.923. The topological polar surface area (TPSA) is 54.0 Å². The van der Waals surface area contributed by atoms with Crippen molar-refractivity contribution in [3.8, 4) is 0 Å². The molecule has 6 aliphatic rings. The third-order valence-electron chi connectivity index (χ3n) is 13.9. The van der Waals surface area contributed by atoms with Crippen molar-refractivity contribution >= 4 is 6.29 Å². The van der Waals surface area contributed by atoms with E-state index in [-0.39, 0.29) is 22.5 Å². The van der Waals surface area contributed by atoms with Crippen LogP contribution in [0.1, 0.15) is 163 Å². The Morgan fingerprint density at radius 3 is 2.09 bits per heavy atom. The van der Waals surface area contributed by atoms with Gasteiger partial charge in [0.1, 0.15) is 6.29 Å². The van der Waals surface area contributed by atoms with Crippen molar-refractivity contribution in [3.63, 3.8) is 0 Å². The molecule has 250 valence electrons. The minimum atomic E-state index is -0.428. The summed E-state index contributed by atoms with van der Waals surface area (Å²) in [6, 6.07) is 0. The lowest BCUT2D eigenvalue weighted by Crippen LogP contribution is -2.59. The lowest BCUT2D eigenvalue weighted by atomic mass is 9.46. The number of allylic oxidation sites excluding steroid dienone is 1. The van der Waals surface area contributed by atoms with Crippen molar-refractivity contribution < 1.29 is 23.7 Å². The predicted octanol–water partition coefficient (Wildman–Crippen LogP) is 9.85. The highest BCUT2D eigenvalue weighted by Crippen LogP contribution is 2.69. The highest BCUT2D eigenvalue weighted by molar-refractivity contribution is 5.67. The van der Waals surface area contributed by atoms with E-state index in [4.69, 9.17) is 18.9 Å².